The van der Waals surface area contributed by atoms with Crippen LogP contribution in [0.3, 0.4) is 0 Å². The Labute approximate surface area is 64.6 Å². The van der Waals surface area contributed by atoms with Crippen LogP contribution in [0.1, 0.15) is 13.8 Å². The number of nitrogens with two attached hydrogens (primary N) is 1. The highest BCUT2D eigenvalue weighted by Crippen LogP contribution is 2.14. The SMILES string of the molecule is CC(C)(S)[C@H]([NH2+][O-])C(=O)O. The van der Waals surface area contributed by atoms with Crippen molar-refractivity contribution in [2.75, 3.05) is 0 Å². The zero-order chi connectivity index (χ0) is 8.36. The van der Waals surface area contributed by atoms with E-state index in [9.17, 15) is 10.0 Å². The lowest BCUT2D eigenvalue weighted by atomic mass is 10.0. The Morgan fingerprint density at radius 3 is 2.20 bits per heavy atom. The Morgan fingerprint density at radius 1 is 1.80 bits per heavy atom. The highest BCUT2D eigenvalue weighted by atomic mass is 32.1. The third-order valence-electron chi connectivity index (χ3n) is 1.16. The molecule has 0 unspecified atom stereocenters. The smallest absolute Gasteiger partial charge is 0.364 e. The average molecular weight is 165 g/mol. The van der Waals surface area contributed by atoms with Crippen molar-refractivity contribution < 1.29 is 15.4 Å². The molecule has 0 saturated heterocycles. The molecule has 0 aromatic rings. The van der Waals surface area contributed by atoms with Gasteiger partial charge in [-0.3, -0.25) is 0 Å². The highest BCUT2D eigenvalue weighted by molar-refractivity contribution is 7.81. The Balaban J connectivity index is 4.22. The number of hydrogen-bond donors (Lipinski definition) is 3. The minimum Gasteiger partial charge on any atom is -0.635 e. The van der Waals surface area contributed by atoms with Gasteiger partial charge in [-0.2, -0.15) is 12.6 Å². The molecule has 0 aliphatic rings. The summed E-state index contributed by atoms with van der Waals surface area (Å²) in [6.45, 7) is 3.17. The van der Waals surface area contributed by atoms with Gasteiger partial charge in [0.15, 0.2) is 6.04 Å². The van der Waals surface area contributed by atoms with Crippen LogP contribution in [0.15, 0.2) is 0 Å². The average Bonchev–Trinajstić information content (AvgIpc) is 1.60. The maximum atomic E-state index is 10.3. The van der Waals surface area contributed by atoms with Crippen LogP contribution >= 0.6 is 12.6 Å². The van der Waals surface area contributed by atoms with Gasteiger partial charge in [-0.1, -0.05) is 0 Å². The monoisotopic (exact) mass is 165 g/mol. The van der Waals surface area contributed by atoms with Crippen LogP contribution in [0.25, 0.3) is 0 Å². The molecular formula is C5H11NO3S. The van der Waals surface area contributed by atoms with Crippen LogP contribution in [-0.2, 0) is 4.79 Å². The van der Waals surface area contributed by atoms with Crippen molar-refractivity contribution in [3.05, 3.63) is 5.21 Å². The van der Waals surface area contributed by atoms with Crippen LogP contribution in [0.4, 0.5) is 0 Å². The van der Waals surface area contributed by atoms with Gasteiger partial charge < -0.3 is 15.8 Å². The topological polar surface area (TPSA) is 77.0 Å². The van der Waals surface area contributed by atoms with Crippen molar-refractivity contribution in [3.63, 3.8) is 0 Å². The number of thiol groups is 1. The summed E-state index contributed by atoms with van der Waals surface area (Å²) >= 11 is 3.96. The van der Waals surface area contributed by atoms with Gasteiger partial charge in [-0.25, -0.2) is 4.79 Å². The van der Waals surface area contributed by atoms with E-state index in [-0.39, 0.29) is 0 Å². The molecule has 0 aromatic heterocycles. The highest BCUT2D eigenvalue weighted by Gasteiger charge is 2.33. The fourth-order valence-electron chi connectivity index (χ4n) is 0.527. The van der Waals surface area contributed by atoms with Crippen LogP contribution in [-0.4, -0.2) is 21.9 Å². The first-order chi connectivity index (χ1) is 4.39. The fraction of sp³-hybridized carbons (Fsp3) is 0.800. The Kier molecular flexibility index (Phi) is 3.14. The molecule has 60 valence electrons. The van der Waals surface area contributed by atoms with Gasteiger partial charge in [-0.15, -0.1) is 0 Å². The number of carbonyl (C=O) groups is 1. The number of carboxylic acids is 1. The molecule has 0 aromatic carbocycles. The molecule has 0 radical (unpaired) electrons. The van der Waals surface area contributed by atoms with Gasteiger partial charge in [-0.05, 0) is 13.8 Å². The van der Waals surface area contributed by atoms with E-state index in [0.29, 0.717) is 5.48 Å². The van der Waals surface area contributed by atoms with Gasteiger partial charge in [0, 0.05) is 0 Å². The molecule has 1 atom stereocenters. The largest absolute Gasteiger partial charge is 0.635 e. The second-order valence-corrected chi connectivity index (χ2v) is 3.76. The number of rotatable bonds is 3. The second kappa shape index (κ2) is 3.23. The molecule has 0 spiro atoms. The number of hydroxylamine groups is 1. The van der Waals surface area contributed by atoms with E-state index < -0.39 is 16.8 Å². The molecule has 0 rings (SSSR count). The third-order valence-corrected chi connectivity index (χ3v) is 1.44. The van der Waals surface area contributed by atoms with Crippen LogP contribution in [0.2, 0.25) is 0 Å². The van der Waals surface area contributed by atoms with E-state index in [1.807, 2.05) is 0 Å². The number of hydrogen-bond acceptors (Lipinski definition) is 3. The molecule has 5 heteroatoms. The number of aliphatic carboxylic acids is 1. The van der Waals surface area contributed by atoms with Gasteiger partial charge >= 0.3 is 5.97 Å². The molecule has 0 bridgehead atoms. The predicted octanol–water partition coefficient (Wildman–Crippen LogP) is -0.791. The van der Waals surface area contributed by atoms with Gasteiger partial charge in [0.2, 0.25) is 0 Å². The first-order valence-electron chi connectivity index (χ1n) is 2.80. The Bertz CT molecular complexity index is 131. The summed E-state index contributed by atoms with van der Waals surface area (Å²) in [7, 11) is 0. The number of quaternary nitrogens is 1. The van der Waals surface area contributed by atoms with Crippen LogP contribution in [0.5, 0.6) is 0 Å². The van der Waals surface area contributed by atoms with Crippen molar-refractivity contribution in [1.29, 1.82) is 0 Å². The van der Waals surface area contributed by atoms with Crippen molar-refractivity contribution >= 4 is 18.6 Å². The molecule has 0 aliphatic heterocycles. The first-order valence-corrected chi connectivity index (χ1v) is 3.24. The van der Waals surface area contributed by atoms with E-state index in [1.165, 1.54) is 0 Å². The lowest BCUT2D eigenvalue weighted by Crippen LogP contribution is -2.90. The minimum atomic E-state index is -1.13. The van der Waals surface area contributed by atoms with E-state index in [2.05, 4.69) is 12.6 Å². The van der Waals surface area contributed by atoms with Gasteiger partial charge in [0.25, 0.3) is 0 Å². The van der Waals surface area contributed by atoms with Crippen molar-refractivity contribution in [2.24, 2.45) is 0 Å². The summed E-state index contributed by atoms with van der Waals surface area (Å²) in [5.41, 5.74) is 0.398. The van der Waals surface area contributed by atoms with Crippen LogP contribution < -0.4 is 5.48 Å². The molecular weight excluding hydrogens is 154 g/mol. The summed E-state index contributed by atoms with van der Waals surface area (Å²) in [5, 5.41) is 18.6. The van der Waals surface area contributed by atoms with Gasteiger partial charge in [0.1, 0.15) is 0 Å². The standard InChI is InChI=1S/C5H11NO3S/c1-5(2,10)3(6-9)4(7)8/h3,10H,6H2,1-2H3,(H,7,8)/t3-/m1/s1. The molecule has 0 fully saturated rings. The normalized spacial score (nSPS) is 14.8. The van der Waals surface area contributed by atoms with Gasteiger partial charge in [0.05, 0.1) is 4.75 Å². The van der Waals surface area contributed by atoms with E-state index >= 15 is 0 Å². The summed E-state index contributed by atoms with van der Waals surface area (Å²) in [5.74, 6) is -1.13. The molecule has 0 amide bonds. The Morgan fingerprint density at radius 2 is 2.20 bits per heavy atom. The van der Waals surface area contributed by atoms with E-state index in [4.69, 9.17) is 5.11 Å². The lowest BCUT2D eigenvalue weighted by Gasteiger charge is -2.24. The zero-order valence-corrected chi connectivity index (χ0v) is 6.76. The quantitative estimate of drug-likeness (QED) is 0.379. The lowest BCUT2D eigenvalue weighted by molar-refractivity contribution is -0.618. The van der Waals surface area contributed by atoms with E-state index in [1.54, 1.807) is 13.8 Å². The van der Waals surface area contributed by atoms with Crippen molar-refractivity contribution in [2.45, 2.75) is 24.6 Å². The van der Waals surface area contributed by atoms with Crippen LogP contribution in [0, 0.1) is 5.21 Å². The summed E-state index contributed by atoms with van der Waals surface area (Å²) in [6, 6.07) is -1.03. The second-order valence-electron chi connectivity index (χ2n) is 2.61. The first kappa shape index (κ1) is 9.74. The maximum Gasteiger partial charge on any atom is 0.364 e. The number of carboxylic acid groups (broad SMARTS) is 1. The zero-order valence-electron chi connectivity index (χ0n) is 5.87. The van der Waals surface area contributed by atoms with E-state index in [0.717, 1.165) is 0 Å². The van der Waals surface area contributed by atoms with Crippen molar-refractivity contribution in [3.8, 4) is 0 Å². The fourth-order valence-corrected chi connectivity index (χ4v) is 0.698. The van der Waals surface area contributed by atoms with Crippen molar-refractivity contribution in [1.82, 2.24) is 0 Å². The summed E-state index contributed by atoms with van der Waals surface area (Å²) in [6.07, 6.45) is 0. The molecule has 4 nitrogen and oxygen atoms in total. The third kappa shape index (κ3) is 2.55. The maximum absolute atomic E-state index is 10.3. The predicted molar refractivity (Wildman–Crippen MR) is 39.8 cm³/mol. The molecule has 0 aliphatic carbocycles. The molecule has 3 N–H and O–H groups in total. The summed E-state index contributed by atoms with van der Waals surface area (Å²) < 4.78 is -0.784. The molecule has 0 saturated carbocycles. The summed E-state index contributed by atoms with van der Waals surface area (Å²) in [4.78, 5) is 10.3. The molecule has 10 heavy (non-hydrogen) atoms. The molecule has 0 heterocycles. The Hall–Kier alpha value is -0.260. The minimum absolute atomic E-state index is 0.398.